The highest BCUT2D eigenvalue weighted by molar-refractivity contribution is 7.90. The summed E-state index contributed by atoms with van der Waals surface area (Å²) in [4.78, 5) is 21.9. The number of halogens is 1. The van der Waals surface area contributed by atoms with Crippen molar-refractivity contribution >= 4 is 50.1 Å². The second-order valence-corrected chi connectivity index (χ2v) is 9.85. The third-order valence-electron chi connectivity index (χ3n) is 5.48. The summed E-state index contributed by atoms with van der Waals surface area (Å²) in [7, 11) is -3.55. The lowest BCUT2D eigenvalue weighted by Gasteiger charge is -2.28. The van der Waals surface area contributed by atoms with Gasteiger partial charge in [0.2, 0.25) is 0 Å². The molecule has 1 amide bonds. The highest BCUT2D eigenvalue weighted by atomic mass is 35.5. The summed E-state index contributed by atoms with van der Waals surface area (Å²) in [5, 5.41) is 3.35. The van der Waals surface area contributed by atoms with Gasteiger partial charge in [-0.25, -0.2) is 4.98 Å². The molecule has 0 bridgehead atoms. The fourth-order valence-electron chi connectivity index (χ4n) is 3.76. The molecule has 0 aliphatic carbocycles. The zero-order valence-corrected chi connectivity index (χ0v) is 19.5. The van der Waals surface area contributed by atoms with E-state index in [4.69, 9.17) is 11.6 Å². The van der Waals surface area contributed by atoms with Gasteiger partial charge in [0.25, 0.3) is 5.91 Å². The maximum atomic E-state index is 12.8. The lowest BCUT2D eigenvalue weighted by molar-refractivity contribution is 0.102. The third-order valence-corrected chi connectivity index (χ3v) is 7.35. The Bertz CT molecular complexity index is 1490. The number of rotatable bonds is 4. The summed E-state index contributed by atoms with van der Waals surface area (Å²) in [6.45, 7) is 0.819. The molecule has 2 N–H and O–H groups in total. The fraction of sp³-hybridized carbons (Fsp3) is 0.125. The Labute approximate surface area is 201 Å². The first kappa shape index (κ1) is 22.3. The second kappa shape index (κ2) is 9.02. The summed E-state index contributed by atoms with van der Waals surface area (Å²) in [6.07, 6.45) is 2.36. The van der Waals surface area contributed by atoms with Crippen molar-refractivity contribution in [1.82, 2.24) is 14.7 Å². The molecule has 0 spiro atoms. The van der Waals surface area contributed by atoms with Crippen LogP contribution in [0.2, 0.25) is 5.02 Å². The molecule has 0 atom stereocenters. The van der Waals surface area contributed by atoms with Crippen molar-refractivity contribution in [2.45, 2.75) is 6.42 Å². The van der Waals surface area contributed by atoms with E-state index in [1.165, 1.54) is 4.31 Å². The minimum Gasteiger partial charge on any atom is -0.322 e. The number of amides is 1. The molecule has 3 aromatic carbocycles. The number of nitrogens with one attached hydrogen (secondary N) is 2. The van der Waals surface area contributed by atoms with E-state index < -0.39 is 10.2 Å². The molecule has 1 aromatic heterocycles. The maximum Gasteiger partial charge on any atom is 0.301 e. The van der Waals surface area contributed by atoms with Crippen molar-refractivity contribution in [3.05, 3.63) is 83.5 Å². The lowest BCUT2D eigenvalue weighted by Crippen LogP contribution is -2.47. The van der Waals surface area contributed by atoms with Gasteiger partial charge in [0.05, 0.1) is 33.6 Å². The van der Waals surface area contributed by atoms with Crippen LogP contribution in [0, 0.1) is 0 Å². The Morgan fingerprint density at radius 2 is 1.79 bits per heavy atom. The van der Waals surface area contributed by atoms with E-state index in [2.05, 4.69) is 20.0 Å². The Balaban J connectivity index is 1.36. The normalized spacial score (nSPS) is 15.3. The molecule has 0 radical (unpaired) electrons. The second-order valence-electron chi connectivity index (χ2n) is 7.76. The number of anilines is 2. The van der Waals surface area contributed by atoms with Crippen molar-refractivity contribution < 1.29 is 13.2 Å². The SMILES string of the molecule is O=C(Nc1ccc(Cl)c(-c2cnc3ccccc3n2)c1)c1ccc(N2CCCNS2(=O)=O)cc1. The Morgan fingerprint density at radius 1 is 1.03 bits per heavy atom. The third kappa shape index (κ3) is 4.45. The van der Waals surface area contributed by atoms with Gasteiger partial charge in [0.1, 0.15) is 0 Å². The minimum atomic E-state index is -3.55. The predicted molar refractivity (Wildman–Crippen MR) is 133 cm³/mol. The fourth-order valence-corrected chi connectivity index (χ4v) is 5.30. The highest BCUT2D eigenvalue weighted by Gasteiger charge is 2.25. The zero-order chi connectivity index (χ0) is 23.7. The van der Waals surface area contributed by atoms with Gasteiger partial charge in [-0.1, -0.05) is 23.7 Å². The monoisotopic (exact) mass is 493 g/mol. The van der Waals surface area contributed by atoms with Gasteiger partial charge in [-0.2, -0.15) is 13.1 Å². The topological polar surface area (TPSA) is 104 Å². The molecule has 1 aliphatic rings. The van der Waals surface area contributed by atoms with Crippen LogP contribution in [0.15, 0.2) is 72.9 Å². The predicted octanol–water partition coefficient (Wildman–Crippen LogP) is 4.25. The van der Waals surface area contributed by atoms with E-state index >= 15 is 0 Å². The van der Waals surface area contributed by atoms with Crippen LogP contribution in [0.25, 0.3) is 22.3 Å². The van der Waals surface area contributed by atoms with Gasteiger partial charge < -0.3 is 5.32 Å². The Morgan fingerprint density at radius 3 is 2.56 bits per heavy atom. The van der Waals surface area contributed by atoms with Crippen LogP contribution in [0.4, 0.5) is 11.4 Å². The molecule has 34 heavy (non-hydrogen) atoms. The van der Waals surface area contributed by atoms with Gasteiger partial charge >= 0.3 is 10.2 Å². The first-order valence-corrected chi connectivity index (χ1v) is 12.4. The van der Waals surface area contributed by atoms with Crippen molar-refractivity contribution in [1.29, 1.82) is 0 Å². The van der Waals surface area contributed by atoms with Gasteiger partial charge in [-0.3, -0.25) is 14.1 Å². The van der Waals surface area contributed by atoms with Crippen molar-refractivity contribution in [2.75, 3.05) is 22.7 Å². The number of benzene rings is 3. The van der Waals surface area contributed by atoms with Crippen LogP contribution in [0.3, 0.4) is 0 Å². The van der Waals surface area contributed by atoms with Crippen molar-refractivity contribution in [3.63, 3.8) is 0 Å². The Kier molecular flexibility index (Phi) is 5.91. The van der Waals surface area contributed by atoms with Crippen LogP contribution in [-0.2, 0) is 10.2 Å². The van der Waals surface area contributed by atoms with E-state index in [9.17, 15) is 13.2 Å². The molecule has 0 unspecified atom stereocenters. The molecule has 0 saturated carbocycles. The molecule has 2 heterocycles. The van der Waals surface area contributed by atoms with E-state index in [1.807, 2.05) is 24.3 Å². The lowest BCUT2D eigenvalue weighted by atomic mass is 10.1. The molecule has 1 aliphatic heterocycles. The number of hydrogen-bond acceptors (Lipinski definition) is 5. The van der Waals surface area contributed by atoms with Crippen LogP contribution in [0.1, 0.15) is 16.8 Å². The number of para-hydroxylation sites is 2. The van der Waals surface area contributed by atoms with E-state index in [-0.39, 0.29) is 5.91 Å². The standard InChI is InChI=1S/C24H20ClN5O3S/c25-20-11-8-17(14-19(20)23-15-26-21-4-1-2-5-22(21)29-23)28-24(31)16-6-9-18(10-7-16)30-13-3-12-27-34(30,32)33/h1-2,4-11,14-15,27H,3,12-13H2,(H,28,31). The van der Waals surface area contributed by atoms with E-state index in [0.29, 0.717) is 52.7 Å². The summed E-state index contributed by atoms with van der Waals surface area (Å²) in [5.74, 6) is -0.330. The zero-order valence-electron chi connectivity index (χ0n) is 17.9. The number of nitrogens with zero attached hydrogens (tertiary/aromatic N) is 3. The summed E-state index contributed by atoms with van der Waals surface area (Å²) >= 11 is 6.41. The molecule has 5 rings (SSSR count). The van der Waals surface area contributed by atoms with Crippen LogP contribution in [0.5, 0.6) is 0 Å². The smallest absolute Gasteiger partial charge is 0.301 e. The first-order valence-electron chi connectivity index (χ1n) is 10.6. The molecule has 8 nitrogen and oxygen atoms in total. The van der Waals surface area contributed by atoms with Gasteiger partial charge in [-0.05, 0) is 61.0 Å². The highest BCUT2D eigenvalue weighted by Crippen LogP contribution is 2.30. The molecule has 10 heteroatoms. The van der Waals surface area contributed by atoms with Gasteiger partial charge in [0.15, 0.2) is 0 Å². The summed E-state index contributed by atoms with van der Waals surface area (Å²) in [6, 6.07) is 19.1. The summed E-state index contributed by atoms with van der Waals surface area (Å²) in [5.41, 5.74) is 4.23. The number of aromatic nitrogens is 2. The molecule has 1 saturated heterocycles. The Hall–Kier alpha value is -3.53. The van der Waals surface area contributed by atoms with Crippen LogP contribution < -0.4 is 14.3 Å². The molecule has 1 fully saturated rings. The van der Waals surface area contributed by atoms with Gasteiger partial charge in [-0.15, -0.1) is 0 Å². The molecular weight excluding hydrogens is 474 g/mol. The molecule has 172 valence electrons. The number of fused-ring (bicyclic) bond motifs is 1. The van der Waals surface area contributed by atoms with E-state index in [1.54, 1.807) is 48.7 Å². The molecule has 4 aromatic rings. The van der Waals surface area contributed by atoms with E-state index in [0.717, 1.165) is 11.0 Å². The minimum absolute atomic E-state index is 0.330. The van der Waals surface area contributed by atoms with Crippen molar-refractivity contribution in [2.24, 2.45) is 0 Å². The summed E-state index contributed by atoms with van der Waals surface area (Å²) < 4.78 is 28.2. The quantitative estimate of drug-likeness (QED) is 0.442. The van der Waals surface area contributed by atoms with Crippen molar-refractivity contribution in [3.8, 4) is 11.3 Å². The molecular formula is C24H20ClN5O3S. The van der Waals surface area contributed by atoms with Gasteiger partial charge in [0, 0.05) is 29.9 Å². The van der Waals surface area contributed by atoms with Crippen LogP contribution >= 0.6 is 11.6 Å². The average Bonchev–Trinajstić information content (AvgIpc) is 2.85. The number of carbonyl (C=O) groups excluding carboxylic acids is 1. The number of hydrogen-bond donors (Lipinski definition) is 2. The van der Waals surface area contributed by atoms with Crippen LogP contribution in [-0.4, -0.2) is 37.4 Å². The average molecular weight is 494 g/mol. The largest absolute Gasteiger partial charge is 0.322 e. The first-order chi connectivity index (χ1) is 16.4. The number of carbonyl (C=O) groups is 1. The maximum absolute atomic E-state index is 12.8.